The average molecular weight is 289 g/mol. The lowest BCUT2D eigenvalue weighted by Gasteiger charge is -2.11. The van der Waals surface area contributed by atoms with E-state index in [4.69, 9.17) is 0 Å². The highest BCUT2D eigenvalue weighted by Crippen LogP contribution is 2.56. The Labute approximate surface area is 133 Å². The van der Waals surface area contributed by atoms with Crippen molar-refractivity contribution < 1.29 is 0 Å². The molecule has 0 N–H and O–H groups in total. The predicted octanol–water partition coefficient (Wildman–Crippen LogP) is 7.09. The third-order valence-corrected chi connectivity index (χ3v) is 5.25. The summed E-state index contributed by atoms with van der Waals surface area (Å²) < 4.78 is 0. The third kappa shape index (κ3) is 7.16. The highest BCUT2D eigenvalue weighted by molar-refractivity contribution is 5.10. The van der Waals surface area contributed by atoms with Gasteiger partial charge in [0, 0.05) is 0 Å². The lowest BCUT2D eigenvalue weighted by atomic mass is 9.95. The van der Waals surface area contributed by atoms with Crippen LogP contribution in [0.2, 0.25) is 0 Å². The zero-order valence-corrected chi connectivity index (χ0v) is 15.0. The van der Waals surface area contributed by atoms with Gasteiger partial charge in [0.15, 0.2) is 0 Å². The second-order valence-corrected chi connectivity index (χ2v) is 7.67. The number of rotatable bonds is 10. The van der Waals surface area contributed by atoms with Crippen LogP contribution in [0.4, 0.5) is 0 Å². The van der Waals surface area contributed by atoms with Crippen LogP contribution in [0.5, 0.6) is 0 Å². The molecule has 0 saturated heterocycles. The van der Waals surface area contributed by atoms with Crippen LogP contribution in [0.25, 0.3) is 0 Å². The average Bonchev–Trinajstić information content (AvgIpc) is 3.06. The summed E-state index contributed by atoms with van der Waals surface area (Å²) in [6.45, 7) is 15.4. The van der Waals surface area contributed by atoms with Crippen molar-refractivity contribution in [3.05, 3.63) is 36.0 Å². The highest BCUT2D eigenvalue weighted by Gasteiger charge is 2.46. The Morgan fingerprint density at radius 2 is 2.05 bits per heavy atom. The van der Waals surface area contributed by atoms with E-state index in [1.165, 1.54) is 44.9 Å². The van der Waals surface area contributed by atoms with Crippen molar-refractivity contribution in [2.75, 3.05) is 0 Å². The van der Waals surface area contributed by atoms with Gasteiger partial charge in [-0.05, 0) is 69.6 Å². The molecular weight excluding hydrogens is 252 g/mol. The molecule has 0 bridgehead atoms. The topological polar surface area (TPSA) is 0 Å². The molecule has 1 fully saturated rings. The summed E-state index contributed by atoms with van der Waals surface area (Å²) in [6, 6.07) is 0. The fourth-order valence-electron chi connectivity index (χ4n) is 3.32. The molecule has 0 spiro atoms. The van der Waals surface area contributed by atoms with E-state index < -0.39 is 0 Å². The molecule has 0 heterocycles. The van der Waals surface area contributed by atoms with Gasteiger partial charge in [0.2, 0.25) is 0 Å². The van der Waals surface area contributed by atoms with Gasteiger partial charge in [0.1, 0.15) is 0 Å². The molecule has 1 rings (SSSR count). The maximum Gasteiger partial charge on any atom is -0.0297 e. The first-order valence-corrected chi connectivity index (χ1v) is 8.85. The molecule has 3 atom stereocenters. The Morgan fingerprint density at radius 3 is 2.62 bits per heavy atom. The molecule has 0 aromatic carbocycles. The minimum absolute atomic E-state index is 0.685. The smallest absolute Gasteiger partial charge is 0.0297 e. The minimum atomic E-state index is 0.685. The zero-order valence-electron chi connectivity index (χ0n) is 15.0. The maximum atomic E-state index is 3.89. The first kappa shape index (κ1) is 18.3. The van der Waals surface area contributed by atoms with E-state index >= 15 is 0 Å². The molecule has 0 heteroatoms. The van der Waals surface area contributed by atoms with Gasteiger partial charge in [0.25, 0.3) is 0 Å². The van der Waals surface area contributed by atoms with Gasteiger partial charge in [-0.1, -0.05) is 63.1 Å². The second-order valence-electron chi connectivity index (χ2n) is 7.67. The van der Waals surface area contributed by atoms with Crippen LogP contribution in [0.15, 0.2) is 36.0 Å². The predicted molar refractivity (Wildman–Crippen MR) is 96.5 cm³/mol. The summed E-state index contributed by atoms with van der Waals surface area (Å²) >= 11 is 0. The molecule has 1 aliphatic rings. The van der Waals surface area contributed by atoms with Gasteiger partial charge in [0.05, 0.1) is 0 Å². The molecule has 0 radical (unpaired) electrons. The van der Waals surface area contributed by atoms with Crippen LogP contribution >= 0.6 is 0 Å². The van der Waals surface area contributed by atoms with Crippen molar-refractivity contribution in [2.45, 2.75) is 79.6 Å². The quantitative estimate of drug-likeness (QED) is 0.297. The molecule has 0 amide bonds. The summed E-state index contributed by atoms with van der Waals surface area (Å²) in [7, 11) is 0. The van der Waals surface area contributed by atoms with E-state index in [9.17, 15) is 0 Å². The lowest BCUT2D eigenvalue weighted by molar-refractivity contribution is 0.469. The van der Waals surface area contributed by atoms with Gasteiger partial charge in [-0.25, -0.2) is 0 Å². The Bertz CT molecular complexity index is 385. The molecule has 1 saturated carbocycles. The van der Waals surface area contributed by atoms with E-state index in [0.717, 1.165) is 17.4 Å². The molecule has 21 heavy (non-hydrogen) atoms. The highest BCUT2D eigenvalue weighted by atomic mass is 14.5. The monoisotopic (exact) mass is 288 g/mol. The Morgan fingerprint density at radius 1 is 1.33 bits per heavy atom. The van der Waals surface area contributed by atoms with Crippen LogP contribution in [0.3, 0.4) is 0 Å². The summed E-state index contributed by atoms with van der Waals surface area (Å²) in [5, 5.41) is 0. The van der Waals surface area contributed by atoms with E-state index in [-0.39, 0.29) is 0 Å². The summed E-state index contributed by atoms with van der Waals surface area (Å²) in [6.07, 6.45) is 16.1. The van der Waals surface area contributed by atoms with Gasteiger partial charge >= 0.3 is 0 Å². The van der Waals surface area contributed by atoms with Crippen molar-refractivity contribution in [3.63, 3.8) is 0 Å². The third-order valence-electron chi connectivity index (χ3n) is 5.25. The Balaban J connectivity index is 2.15. The van der Waals surface area contributed by atoms with Crippen LogP contribution < -0.4 is 0 Å². The lowest BCUT2D eigenvalue weighted by Crippen LogP contribution is -1.96. The van der Waals surface area contributed by atoms with Gasteiger partial charge < -0.3 is 0 Å². The van der Waals surface area contributed by atoms with Gasteiger partial charge in [-0.15, -0.1) is 0 Å². The van der Waals surface area contributed by atoms with E-state index in [1.807, 2.05) is 0 Å². The summed E-state index contributed by atoms with van der Waals surface area (Å²) in [4.78, 5) is 0. The van der Waals surface area contributed by atoms with Crippen LogP contribution in [0, 0.1) is 17.3 Å². The molecule has 0 aromatic heterocycles. The zero-order chi connectivity index (χ0) is 15.9. The van der Waals surface area contributed by atoms with Crippen LogP contribution in [0.1, 0.15) is 79.6 Å². The van der Waals surface area contributed by atoms with Crippen LogP contribution in [-0.4, -0.2) is 0 Å². The van der Waals surface area contributed by atoms with Crippen LogP contribution in [-0.2, 0) is 0 Å². The molecule has 0 aliphatic heterocycles. The number of allylic oxidation sites excluding steroid dienone is 5. The fourth-order valence-corrected chi connectivity index (χ4v) is 3.32. The standard InChI is InChI=1S/C21H36/c1-7-21(6)16-20(21)14-10-13-19(5)15-18(4)12-9-8-11-17(2)3/h8,11,13,18,20H,2,7,9-10,12,14-16H2,1,3-6H3. The van der Waals surface area contributed by atoms with Crippen molar-refractivity contribution >= 4 is 0 Å². The van der Waals surface area contributed by atoms with Gasteiger partial charge in [-0.2, -0.15) is 0 Å². The molecular formula is C21H36. The van der Waals surface area contributed by atoms with Gasteiger partial charge in [-0.3, -0.25) is 0 Å². The molecule has 0 aromatic rings. The normalized spacial score (nSPS) is 27.1. The molecule has 1 aliphatic carbocycles. The number of hydrogen-bond donors (Lipinski definition) is 0. The van der Waals surface area contributed by atoms with Crippen molar-refractivity contribution in [3.8, 4) is 0 Å². The first-order chi connectivity index (χ1) is 9.87. The van der Waals surface area contributed by atoms with E-state index in [0.29, 0.717) is 5.41 Å². The largest absolute Gasteiger partial charge is 0.0961 e. The Kier molecular flexibility index (Phi) is 7.49. The van der Waals surface area contributed by atoms with Crippen molar-refractivity contribution in [1.82, 2.24) is 0 Å². The van der Waals surface area contributed by atoms with E-state index in [1.54, 1.807) is 5.57 Å². The summed E-state index contributed by atoms with van der Waals surface area (Å²) in [5.74, 6) is 1.79. The fraction of sp³-hybridized carbons (Fsp3) is 0.714. The number of hydrogen-bond acceptors (Lipinski definition) is 0. The maximum absolute atomic E-state index is 3.89. The first-order valence-electron chi connectivity index (χ1n) is 8.85. The minimum Gasteiger partial charge on any atom is -0.0961 e. The molecule has 3 unspecified atom stereocenters. The van der Waals surface area contributed by atoms with E-state index in [2.05, 4.69) is 59.4 Å². The summed E-state index contributed by atoms with van der Waals surface area (Å²) in [5.41, 5.74) is 3.42. The van der Waals surface area contributed by atoms with Crippen molar-refractivity contribution in [2.24, 2.45) is 17.3 Å². The van der Waals surface area contributed by atoms with Crippen molar-refractivity contribution in [1.29, 1.82) is 0 Å². The SMILES string of the molecule is C=C(C)C=CCCC(C)CC(C)=CCCC1CC1(C)CC. The Hall–Kier alpha value is -0.780. The molecule has 0 nitrogen and oxygen atoms in total. The second kappa shape index (κ2) is 8.61. The molecule has 120 valence electrons.